The summed E-state index contributed by atoms with van der Waals surface area (Å²) in [5, 5.41) is 9.17. The van der Waals surface area contributed by atoms with E-state index in [1.807, 2.05) is 0 Å². The summed E-state index contributed by atoms with van der Waals surface area (Å²) in [4.78, 5) is 26.6. The lowest BCUT2D eigenvalue weighted by Gasteiger charge is -2.08. The van der Waals surface area contributed by atoms with E-state index in [9.17, 15) is 14.7 Å². The van der Waals surface area contributed by atoms with E-state index in [1.165, 1.54) is 12.4 Å². The molecule has 1 unspecified atom stereocenters. The van der Waals surface area contributed by atoms with Crippen LogP contribution in [0.1, 0.15) is 23.7 Å². The van der Waals surface area contributed by atoms with Crippen molar-refractivity contribution in [3.63, 3.8) is 0 Å². The third-order valence-corrected chi connectivity index (χ3v) is 1.92. The van der Waals surface area contributed by atoms with E-state index >= 15 is 0 Å². The van der Waals surface area contributed by atoms with Gasteiger partial charge in [0.15, 0.2) is 11.6 Å². The summed E-state index contributed by atoms with van der Waals surface area (Å²) in [6, 6.07) is 3.17. The Kier molecular flexibility index (Phi) is 4.75. The molecule has 1 atom stereocenters. The Morgan fingerprint density at radius 2 is 2.31 bits per heavy atom. The number of hydrogen-bond donors (Lipinski definition) is 1. The molecule has 1 aromatic rings. The van der Waals surface area contributed by atoms with Crippen LogP contribution in [-0.2, 0) is 9.53 Å². The largest absolute Gasteiger partial charge is 0.362 e. The second kappa shape index (κ2) is 6.09. The molecule has 1 aromatic heterocycles. The fraction of sp³-hybridized carbons (Fsp3) is 0.364. The first kappa shape index (κ1) is 12.5. The predicted molar refractivity (Wildman–Crippen MR) is 55.8 cm³/mol. The quantitative estimate of drug-likeness (QED) is 0.433. The molecule has 0 amide bonds. The highest BCUT2D eigenvalue weighted by Gasteiger charge is 2.19. The Morgan fingerprint density at radius 3 is 2.88 bits per heavy atom. The number of ketones is 2. The minimum atomic E-state index is -1.52. The standard InChI is InChI=1S/C11H13NO4/c1-2-16-11(15)10(14)6-9(13)8-4-3-5-12-7-8/h3-5,7,11,15H,2,6H2,1H3. The molecular weight excluding hydrogens is 210 g/mol. The first-order valence-corrected chi connectivity index (χ1v) is 4.90. The lowest BCUT2D eigenvalue weighted by Crippen LogP contribution is -2.26. The Balaban J connectivity index is 2.55. The minimum absolute atomic E-state index is 0.216. The molecule has 0 aliphatic carbocycles. The van der Waals surface area contributed by atoms with Crippen molar-refractivity contribution in [2.75, 3.05) is 6.61 Å². The van der Waals surface area contributed by atoms with Crippen LogP contribution in [0.25, 0.3) is 0 Å². The maximum Gasteiger partial charge on any atom is 0.215 e. The molecule has 0 fully saturated rings. The van der Waals surface area contributed by atoms with Gasteiger partial charge in [0.1, 0.15) is 0 Å². The average molecular weight is 223 g/mol. The molecule has 0 bridgehead atoms. The van der Waals surface area contributed by atoms with Crippen LogP contribution in [0.2, 0.25) is 0 Å². The molecule has 0 spiro atoms. The van der Waals surface area contributed by atoms with Crippen LogP contribution in [0.5, 0.6) is 0 Å². The summed E-state index contributed by atoms with van der Waals surface area (Å²) in [6.07, 6.45) is 1.01. The summed E-state index contributed by atoms with van der Waals surface area (Å²) in [7, 11) is 0. The molecule has 0 aliphatic rings. The van der Waals surface area contributed by atoms with Gasteiger partial charge in [-0.3, -0.25) is 14.6 Å². The van der Waals surface area contributed by atoms with E-state index < -0.39 is 12.1 Å². The van der Waals surface area contributed by atoms with Crippen LogP contribution >= 0.6 is 0 Å². The van der Waals surface area contributed by atoms with Crippen molar-refractivity contribution in [3.05, 3.63) is 30.1 Å². The van der Waals surface area contributed by atoms with Crippen molar-refractivity contribution >= 4 is 11.6 Å². The Hall–Kier alpha value is -1.59. The molecule has 16 heavy (non-hydrogen) atoms. The van der Waals surface area contributed by atoms with Crippen molar-refractivity contribution in [1.29, 1.82) is 0 Å². The van der Waals surface area contributed by atoms with E-state index in [-0.39, 0.29) is 18.8 Å². The van der Waals surface area contributed by atoms with E-state index in [4.69, 9.17) is 0 Å². The first-order valence-electron chi connectivity index (χ1n) is 4.90. The highest BCUT2D eigenvalue weighted by atomic mass is 16.6. The summed E-state index contributed by atoms with van der Waals surface area (Å²) < 4.78 is 4.68. The van der Waals surface area contributed by atoms with Gasteiger partial charge in [0, 0.05) is 24.6 Å². The van der Waals surface area contributed by atoms with Crippen molar-refractivity contribution in [1.82, 2.24) is 4.98 Å². The van der Waals surface area contributed by atoms with Crippen LogP contribution in [0.3, 0.4) is 0 Å². The van der Waals surface area contributed by atoms with Gasteiger partial charge >= 0.3 is 0 Å². The van der Waals surface area contributed by atoms with Gasteiger partial charge in [-0.1, -0.05) is 0 Å². The van der Waals surface area contributed by atoms with Gasteiger partial charge in [-0.25, -0.2) is 0 Å². The molecular formula is C11H13NO4. The predicted octanol–water partition coefficient (Wildman–Crippen LogP) is 0.578. The number of ether oxygens (including phenoxy) is 1. The zero-order chi connectivity index (χ0) is 12.0. The molecule has 0 aromatic carbocycles. The topological polar surface area (TPSA) is 76.5 Å². The number of aliphatic hydroxyl groups is 1. The fourth-order valence-electron chi connectivity index (χ4n) is 1.13. The van der Waals surface area contributed by atoms with Crippen LogP contribution in [-0.4, -0.2) is 34.6 Å². The van der Waals surface area contributed by atoms with Gasteiger partial charge in [-0.05, 0) is 19.1 Å². The summed E-state index contributed by atoms with van der Waals surface area (Å²) in [6.45, 7) is 1.87. The van der Waals surface area contributed by atoms with Gasteiger partial charge in [-0.15, -0.1) is 0 Å². The number of aromatic nitrogens is 1. The van der Waals surface area contributed by atoms with Gasteiger partial charge in [0.25, 0.3) is 0 Å². The number of carbonyl (C=O) groups excluding carboxylic acids is 2. The summed E-state index contributed by atoms with van der Waals surface area (Å²) >= 11 is 0. The molecule has 5 nitrogen and oxygen atoms in total. The Bertz CT molecular complexity index is 364. The molecule has 86 valence electrons. The molecule has 0 radical (unpaired) electrons. The lowest BCUT2D eigenvalue weighted by atomic mass is 10.1. The third kappa shape index (κ3) is 3.52. The second-order valence-corrected chi connectivity index (χ2v) is 3.12. The average Bonchev–Trinajstić information content (AvgIpc) is 2.30. The lowest BCUT2D eigenvalue weighted by molar-refractivity contribution is -0.153. The number of rotatable bonds is 6. The zero-order valence-electron chi connectivity index (χ0n) is 8.92. The van der Waals surface area contributed by atoms with Crippen molar-refractivity contribution < 1.29 is 19.4 Å². The number of aliphatic hydroxyl groups excluding tert-OH is 1. The molecule has 0 aliphatic heterocycles. The van der Waals surface area contributed by atoms with Crippen molar-refractivity contribution in [2.45, 2.75) is 19.6 Å². The van der Waals surface area contributed by atoms with E-state index in [2.05, 4.69) is 9.72 Å². The molecule has 0 saturated heterocycles. The zero-order valence-corrected chi connectivity index (χ0v) is 8.92. The van der Waals surface area contributed by atoms with E-state index in [0.29, 0.717) is 5.56 Å². The molecule has 5 heteroatoms. The highest BCUT2D eigenvalue weighted by molar-refractivity contribution is 6.08. The number of Topliss-reactive ketones (excluding diaryl/α,β-unsaturated/α-hetero) is 2. The van der Waals surface area contributed by atoms with Crippen molar-refractivity contribution in [3.8, 4) is 0 Å². The number of nitrogens with zero attached hydrogens (tertiary/aromatic N) is 1. The molecule has 1 N–H and O–H groups in total. The third-order valence-electron chi connectivity index (χ3n) is 1.92. The maximum absolute atomic E-state index is 11.5. The normalized spacial score (nSPS) is 12.1. The maximum atomic E-state index is 11.5. The van der Waals surface area contributed by atoms with Gasteiger partial charge in [0.05, 0.1) is 6.42 Å². The van der Waals surface area contributed by atoms with Gasteiger partial charge < -0.3 is 9.84 Å². The summed E-state index contributed by atoms with van der Waals surface area (Å²) in [5.74, 6) is -1.02. The van der Waals surface area contributed by atoms with Crippen LogP contribution in [0.4, 0.5) is 0 Å². The smallest absolute Gasteiger partial charge is 0.215 e. The van der Waals surface area contributed by atoms with E-state index in [1.54, 1.807) is 19.1 Å². The van der Waals surface area contributed by atoms with Crippen LogP contribution < -0.4 is 0 Å². The number of pyridine rings is 1. The molecule has 1 heterocycles. The minimum Gasteiger partial charge on any atom is -0.362 e. The van der Waals surface area contributed by atoms with Crippen molar-refractivity contribution in [2.24, 2.45) is 0 Å². The van der Waals surface area contributed by atoms with Crippen LogP contribution in [0, 0.1) is 0 Å². The SMILES string of the molecule is CCOC(O)C(=O)CC(=O)c1cccnc1. The first-order chi connectivity index (χ1) is 7.65. The van der Waals surface area contributed by atoms with Crippen LogP contribution in [0.15, 0.2) is 24.5 Å². The van der Waals surface area contributed by atoms with Gasteiger partial charge in [0.2, 0.25) is 6.29 Å². The Morgan fingerprint density at radius 1 is 1.56 bits per heavy atom. The second-order valence-electron chi connectivity index (χ2n) is 3.12. The molecule has 1 rings (SSSR count). The highest BCUT2D eigenvalue weighted by Crippen LogP contribution is 2.04. The number of hydrogen-bond acceptors (Lipinski definition) is 5. The Labute approximate surface area is 93.1 Å². The van der Waals surface area contributed by atoms with Gasteiger partial charge in [-0.2, -0.15) is 0 Å². The summed E-state index contributed by atoms with van der Waals surface area (Å²) in [5.41, 5.74) is 0.347. The van der Waals surface area contributed by atoms with E-state index in [0.717, 1.165) is 0 Å². The molecule has 0 saturated carbocycles. The fourth-order valence-corrected chi connectivity index (χ4v) is 1.13. The monoisotopic (exact) mass is 223 g/mol. The number of carbonyl (C=O) groups is 2.